The molecule has 2 heterocycles. The van der Waals surface area contributed by atoms with E-state index in [1.807, 2.05) is 31.0 Å². The van der Waals surface area contributed by atoms with Crippen LogP contribution < -0.4 is 0 Å². The molecule has 1 unspecified atom stereocenters. The van der Waals surface area contributed by atoms with Crippen LogP contribution in [0.3, 0.4) is 0 Å². The van der Waals surface area contributed by atoms with E-state index in [2.05, 4.69) is 15.0 Å². The third-order valence-corrected chi connectivity index (χ3v) is 4.59. The fraction of sp³-hybridized carbons (Fsp3) is 0.438. The third kappa shape index (κ3) is 3.23. The van der Waals surface area contributed by atoms with Gasteiger partial charge in [0.1, 0.15) is 6.04 Å². The Balaban J connectivity index is 1.80. The molecule has 23 heavy (non-hydrogen) atoms. The van der Waals surface area contributed by atoms with E-state index in [0.717, 1.165) is 12.1 Å². The highest BCUT2D eigenvalue weighted by atomic mass is 35.5. The highest BCUT2D eigenvalue weighted by Gasteiger charge is 2.32. The second kappa shape index (κ2) is 6.29. The van der Waals surface area contributed by atoms with Gasteiger partial charge in [0.15, 0.2) is 5.82 Å². The lowest BCUT2D eigenvalue weighted by molar-refractivity contribution is 0.0489. The zero-order valence-electron chi connectivity index (χ0n) is 13.4. The van der Waals surface area contributed by atoms with Gasteiger partial charge in [0.25, 0.3) is 5.91 Å². The molecule has 1 atom stereocenters. The second-order valence-electron chi connectivity index (χ2n) is 5.89. The number of likely N-dealkylation sites (N-methyl/N-ethyl adjacent to an activating group) is 1. The molecule has 7 heteroatoms. The summed E-state index contributed by atoms with van der Waals surface area (Å²) >= 11 is 6.14. The first kappa shape index (κ1) is 16.0. The van der Waals surface area contributed by atoms with Crippen molar-refractivity contribution in [2.75, 3.05) is 26.7 Å². The Morgan fingerprint density at radius 1 is 1.35 bits per heavy atom. The standard InChI is InChI=1S/C16H19ClN4O2/c1-10-4-5-12(8-13(10)17)16(22)21-7-6-20(3)14(9-21)15-18-11(2)19-23-15/h4-5,8,14H,6-7,9H2,1-3H3. The first-order chi connectivity index (χ1) is 11.0. The number of benzene rings is 1. The number of aryl methyl sites for hydroxylation is 2. The Kier molecular flexibility index (Phi) is 4.37. The first-order valence-corrected chi connectivity index (χ1v) is 7.89. The summed E-state index contributed by atoms with van der Waals surface area (Å²) in [5.41, 5.74) is 1.56. The number of aromatic nitrogens is 2. The fourth-order valence-electron chi connectivity index (χ4n) is 2.68. The van der Waals surface area contributed by atoms with Crippen LogP contribution >= 0.6 is 11.6 Å². The van der Waals surface area contributed by atoms with E-state index in [9.17, 15) is 4.79 Å². The number of nitrogens with zero attached hydrogens (tertiary/aromatic N) is 4. The average Bonchev–Trinajstić information content (AvgIpc) is 2.96. The van der Waals surface area contributed by atoms with Gasteiger partial charge in [-0.25, -0.2) is 0 Å². The van der Waals surface area contributed by atoms with Gasteiger partial charge >= 0.3 is 0 Å². The third-order valence-electron chi connectivity index (χ3n) is 4.18. The van der Waals surface area contributed by atoms with Crippen LogP contribution in [0.2, 0.25) is 5.02 Å². The average molecular weight is 335 g/mol. The minimum atomic E-state index is -0.0881. The van der Waals surface area contributed by atoms with Crippen molar-refractivity contribution in [3.8, 4) is 0 Å². The maximum Gasteiger partial charge on any atom is 0.254 e. The molecule has 1 aliphatic heterocycles. The Bertz CT molecular complexity index is 731. The zero-order valence-corrected chi connectivity index (χ0v) is 14.2. The maximum atomic E-state index is 12.7. The van der Waals surface area contributed by atoms with Crippen molar-refractivity contribution in [3.63, 3.8) is 0 Å². The molecule has 0 bridgehead atoms. The van der Waals surface area contributed by atoms with E-state index >= 15 is 0 Å². The van der Waals surface area contributed by atoms with Gasteiger partial charge in [-0.2, -0.15) is 4.98 Å². The van der Waals surface area contributed by atoms with Crippen LogP contribution in [0.5, 0.6) is 0 Å². The first-order valence-electron chi connectivity index (χ1n) is 7.51. The predicted molar refractivity (Wildman–Crippen MR) is 86.5 cm³/mol. The van der Waals surface area contributed by atoms with Crippen LogP contribution in [0.4, 0.5) is 0 Å². The highest BCUT2D eigenvalue weighted by molar-refractivity contribution is 6.31. The van der Waals surface area contributed by atoms with E-state index < -0.39 is 0 Å². The van der Waals surface area contributed by atoms with Crippen molar-refractivity contribution < 1.29 is 9.32 Å². The second-order valence-corrected chi connectivity index (χ2v) is 6.30. The van der Waals surface area contributed by atoms with Crippen LogP contribution in [-0.4, -0.2) is 52.5 Å². The Morgan fingerprint density at radius 2 is 2.13 bits per heavy atom. The largest absolute Gasteiger partial charge is 0.338 e. The molecule has 6 nitrogen and oxygen atoms in total. The maximum absolute atomic E-state index is 12.7. The normalized spacial score (nSPS) is 19.1. The molecular formula is C16H19ClN4O2. The van der Waals surface area contributed by atoms with Gasteiger partial charge in [0, 0.05) is 30.2 Å². The van der Waals surface area contributed by atoms with Gasteiger partial charge in [-0.15, -0.1) is 0 Å². The van der Waals surface area contributed by atoms with Crippen molar-refractivity contribution in [2.24, 2.45) is 0 Å². The van der Waals surface area contributed by atoms with E-state index in [-0.39, 0.29) is 11.9 Å². The molecule has 3 rings (SSSR count). The molecule has 1 amide bonds. The molecule has 2 aromatic rings. The van der Waals surface area contributed by atoms with E-state index in [1.165, 1.54) is 0 Å². The molecule has 1 aromatic carbocycles. The SMILES string of the molecule is Cc1noc(C2CN(C(=O)c3ccc(C)c(Cl)c3)CCN2C)n1. The van der Waals surface area contributed by atoms with Gasteiger partial charge in [0.2, 0.25) is 5.89 Å². The number of amides is 1. The summed E-state index contributed by atoms with van der Waals surface area (Å²) < 4.78 is 5.28. The minimum absolute atomic E-state index is 0.0266. The molecule has 0 aliphatic carbocycles. The molecule has 0 radical (unpaired) electrons. The van der Waals surface area contributed by atoms with Crippen molar-refractivity contribution in [1.82, 2.24) is 19.9 Å². The summed E-state index contributed by atoms with van der Waals surface area (Å²) in [7, 11) is 1.99. The zero-order chi connectivity index (χ0) is 16.6. The van der Waals surface area contributed by atoms with Crippen molar-refractivity contribution in [1.29, 1.82) is 0 Å². The molecule has 1 saturated heterocycles. The van der Waals surface area contributed by atoms with Gasteiger partial charge in [-0.1, -0.05) is 22.8 Å². The van der Waals surface area contributed by atoms with Gasteiger partial charge in [-0.05, 0) is 38.6 Å². The summed E-state index contributed by atoms with van der Waals surface area (Å²) in [5.74, 6) is 1.12. The van der Waals surface area contributed by atoms with E-state index in [1.54, 1.807) is 13.0 Å². The monoisotopic (exact) mass is 334 g/mol. The summed E-state index contributed by atoms with van der Waals surface area (Å²) in [6.45, 7) is 5.62. The number of carbonyl (C=O) groups is 1. The van der Waals surface area contributed by atoms with E-state index in [4.69, 9.17) is 16.1 Å². The number of rotatable bonds is 2. The van der Waals surface area contributed by atoms with Crippen molar-refractivity contribution in [3.05, 3.63) is 46.1 Å². The van der Waals surface area contributed by atoms with Gasteiger partial charge < -0.3 is 9.42 Å². The lowest BCUT2D eigenvalue weighted by Crippen LogP contribution is -2.49. The lowest BCUT2D eigenvalue weighted by atomic mass is 10.1. The summed E-state index contributed by atoms with van der Waals surface area (Å²) in [4.78, 5) is 21.0. The summed E-state index contributed by atoms with van der Waals surface area (Å²) in [6, 6.07) is 5.32. The smallest absolute Gasteiger partial charge is 0.254 e. The number of carbonyl (C=O) groups excluding carboxylic acids is 1. The topological polar surface area (TPSA) is 62.5 Å². The molecule has 1 fully saturated rings. The lowest BCUT2D eigenvalue weighted by Gasteiger charge is -2.37. The Hall–Kier alpha value is -1.92. The summed E-state index contributed by atoms with van der Waals surface area (Å²) in [5, 5.41) is 4.45. The fourth-order valence-corrected chi connectivity index (χ4v) is 2.86. The Labute approximate surface area is 140 Å². The molecular weight excluding hydrogens is 316 g/mol. The molecule has 1 aromatic heterocycles. The van der Waals surface area contributed by atoms with Gasteiger partial charge in [-0.3, -0.25) is 9.69 Å². The molecule has 0 N–H and O–H groups in total. The molecule has 0 spiro atoms. The van der Waals surface area contributed by atoms with Gasteiger partial charge in [0.05, 0.1) is 0 Å². The van der Waals surface area contributed by atoms with E-state index in [0.29, 0.717) is 35.4 Å². The van der Waals surface area contributed by atoms with Crippen LogP contribution in [0.25, 0.3) is 0 Å². The highest BCUT2D eigenvalue weighted by Crippen LogP contribution is 2.25. The molecule has 0 saturated carbocycles. The van der Waals surface area contributed by atoms with Crippen LogP contribution in [0.15, 0.2) is 22.7 Å². The minimum Gasteiger partial charge on any atom is -0.338 e. The number of hydrogen-bond acceptors (Lipinski definition) is 5. The summed E-state index contributed by atoms with van der Waals surface area (Å²) in [6.07, 6.45) is 0. The molecule has 1 aliphatic rings. The number of piperazine rings is 1. The number of halogens is 1. The quantitative estimate of drug-likeness (QED) is 0.844. The van der Waals surface area contributed by atoms with Crippen LogP contribution in [0.1, 0.15) is 33.7 Å². The van der Waals surface area contributed by atoms with Crippen molar-refractivity contribution in [2.45, 2.75) is 19.9 Å². The van der Waals surface area contributed by atoms with Crippen LogP contribution in [0, 0.1) is 13.8 Å². The Morgan fingerprint density at radius 3 is 2.78 bits per heavy atom. The molecule has 122 valence electrons. The number of hydrogen-bond donors (Lipinski definition) is 0. The van der Waals surface area contributed by atoms with Crippen LogP contribution in [-0.2, 0) is 0 Å². The van der Waals surface area contributed by atoms with Crippen molar-refractivity contribution >= 4 is 17.5 Å². The predicted octanol–water partition coefficient (Wildman–Crippen LogP) is 2.47.